The first-order chi connectivity index (χ1) is 11.4. The first-order valence-corrected chi connectivity index (χ1v) is 9.56. The second kappa shape index (κ2) is 7.26. The average Bonchev–Trinajstić information content (AvgIpc) is 3.23. The lowest BCUT2D eigenvalue weighted by atomic mass is 9.86. The summed E-state index contributed by atoms with van der Waals surface area (Å²) >= 11 is 0. The number of likely N-dealkylation sites (tertiary alicyclic amines) is 1. The molecule has 1 N–H and O–H groups in total. The molecule has 2 aliphatic rings. The zero-order valence-corrected chi connectivity index (χ0v) is 15.5. The van der Waals surface area contributed by atoms with Crippen LogP contribution in [0.25, 0.3) is 0 Å². The Labute approximate surface area is 146 Å². The van der Waals surface area contributed by atoms with Crippen LogP contribution in [0.5, 0.6) is 0 Å². The van der Waals surface area contributed by atoms with Gasteiger partial charge >= 0.3 is 0 Å². The average molecular weight is 328 g/mol. The topological polar surface area (TPSA) is 32.3 Å². The number of hydrogen-bond donors (Lipinski definition) is 1. The smallest absolute Gasteiger partial charge is 0.223 e. The van der Waals surface area contributed by atoms with Crippen molar-refractivity contribution in [3.8, 4) is 0 Å². The van der Waals surface area contributed by atoms with Gasteiger partial charge in [-0.25, -0.2) is 0 Å². The fraction of sp³-hybridized carbons (Fsp3) is 0.667. The number of benzene rings is 1. The molecular formula is C21H32N2O. The molecule has 1 amide bonds. The van der Waals surface area contributed by atoms with Crippen LogP contribution in [0, 0.1) is 5.92 Å². The summed E-state index contributed by atoms with van der Waals surface area (Å²) in [5, 5.41) is 3.39. The van der Waals surface area contributed by atoms with E-state index in [-0.39, 0.29) is 11.5 Å². The molecule has 2 unspecified atom stereocenters. The van der Waals surface area contributed by atoms with Crippen LogP contribution in [-0.4, -0.2) is 30.4 Å². The van der Waals surface area contributed by atoms with Crippen LogP contribution in [0.4, 0.5) is 0 Å². The quantitative estimate of drug-likeness (QED) is 0.905. The maximum atomic E-state index is 12.7. The van der Waals surface area contributed by atoms with Gasteiger partial charge in [-0.2, -0.15) is 0 Å². The van der Waals surface area contributed by atoms with Crippen molar-refractivity contribution in [1.82, 2.24) is 10.2 Å². The maximum Gasteiger partial charge on any atom is 0.223 e. The molecule has 3 rings (SSSR count). The summed E-state index contributed by atoms with van der Waals surface area (Å²) in [7, 11) is 0. The van der Waals surface area contributed by atoms with Gasteiger partial charge in [-0.05, 0) is 61.2 Å². The predicted molar refractivity (Wildman–Crippen MR) is 99.0 cm³/mol. The third kappa shape index (κ3) is 4.00. The second-order valence-electron chi connectivity index (χ2n) is 8.51. The van der Waals surface area contributed by atoms with E-state index in [1.807, 2.05) is 0 Å². The zero-order chi connectivity index (χ0) is 17.2. The Balaban J connectivity index is 1.62. The van der Waals surface area contributed by atoms with Crippen molar-refractivity contribution in [2.75, 3.05) is 19.6 Å². The van der Waals surface area contributed by atoms with Crippen molar-refractivity contribution in [3.63, 3.8) is 0 Å². The summed E-state index contributed by atoms with van der Waals surface area (Å²) in [5.41, 5.74) is 2.84. The molecule has 132 valence electrons. The number of hydrogen-bond acceptors (Lipinski definition) is 2. The van der Waals surface area contributed by atoms with Gasteiger partial charge in [-0.15, -0.1) is 0 Å². The van der Waals surface area contributed by atoms with Crippen molar-refractivity contribution in [2.45, 2.75) is 64.3 Å². The van der Waals surface area contributed by atoms with E-state index in [1.165, 1.54) is 17.5 Å². The fourth-order valence-corrected chi connectivity index (χ4v) is 4.05. The molecule has 0 aromatic heterocycles. The van der Waals surface area contributed by atoms with E-state index in [1.54, 1.807) is 0 Å². The Hall–Kier alpha value is -1.35. The minimum atomic E-state index is 0.180. The lowest BCUT2D eigenvalue weighted by molar-refractivity contribution is -0.132. The minimum absolute atomic E-state index is 0.180. The maximum absolute atomic E-state index is 12.7. The van der Waals surface area contributed by atoms with Gasteiger partial charge in [0.1, 0.15) is 0 Å². The molecule has 0 radical (unpaired) electrons. The van der Waals surface area contributed by atoms with E-state index in [4.69, 9.17) is 0 Å². The van der Waals surface area contributed by atoms with E-state index < -0.39 is 0 Å². The van der Waals surface area contributed by atoms with Gasteiger partial charge in [0.05, 0.1) is 6.04 Å². The van der Waals surface area contributed by atoms with Crippen molar-refractivity contribution in [2.24, 2.45) is 5.92 Å². The summed E-state index contributed by atoms with van der Waals surface area (Å²) in [4.78, 5) is 14.9. The van der Waals surface area contributed by atoms with Crippen LogP contribution in [0.15, 0.2) is 24.3 Å². The van der Waals surface area contributed by atoms with E-state index in [2.05, 4.69) is 55.3 Å². The van der Waals surface area contributed by atoms with Gasteiger partial charge in [-0.1, -0.05) is 45.0 Å². The minimum Gasteiger partial charge on any atom is -0.336 e. The Kier molecular flexibility index (Phi) is 5.29. The van der Waals surface area contributed by atoms with E-state index in [9.17, 15) is 4.79 Å². The number of carbonyl (C=O) groups excluding carboxylic acids is 1. The molecule has 1 aromatic carbocycles. The van der Waals surface area contributed by atoms with Crippen molar-refractivity contribution in [3.05, 3.63) is 35.4 Å². The number of carbonyl (C=O) groups is 1. The molecule has 2 saturated heterocycles. The van der Waals surface area contributed by atoms with E-state index in [0.29, 0.717) is 18.2 Å². The molecule has 2 aliphatic heterocycles. The largest absolute Gasteiger partial charge is 0.336 e. The molecule has 3 heteroatoms. The van der Waals surface area contributed by atoms with Crippen LogP contribution in [0.1, 0.15) is 70.0 Å². The SMILES string of the molecule is CC(C)(C)c1ccc(C2CCCN2C(=O)CCC2CCNC2)cc1. The standard InChI is InChI=1S/C21H32N2O/c1-21(2,3)18-9-7-17(8-10-18)19-5-4-14-23(19)20(24)11-6-16-12-13-22-15-16/h7-10,16,19,22H,4-6,11-15H2,1-3H3. The fourth-order valence-electron chi connectivity index (χ4n) is 4.05. The van der Waals surface area contributed by atoms with Gasteiger partial charge in [0, 0.05) is 13.0 Å². The normalized spacial score (nSPS) is 24.5. The molecular weight excluding hydrogens is 296 g/mol. The number of amides is 1. The van der Waals surface area contributed by atoms with Crippen LogP contribution >= 0.6 is 0 Å². The highest BCUT2D eigenvalue weighted by Gasteiger charge is 2.30. The lowest BCUT2D eigenvalue weighted by Gasteiger charge is -2.27. The summed E-state index contributed by atoms with van der Waals surface area (Å²) in [6, 6.07) is 9.23. The predicted octanol–water partition coefficient (Wildman–Crippen LogP) is 4.04. The lowest BCUT2D eigenvalue weighted by Crippen LogP contribution is -2.30. The molecule has 24 heavy (non-hydrogen) atoms. The highest BCUT2D eigenvalue weighted by molar-refractivity contribution is 5.77. The molecule has 2 heterocycles. The van der Waals surface area contributed by atoms with Crippen molar-refractivity contribution >= 4 is 5.91 Å². The molecule has 2 fully saturated rings. The molecule has 1 aromatic rings. The van der Waals surface area contributed by atoms with Crippen LogP contribution < -0.4 is 5.32 Å². The first-order valence-electron chi connectivity index (χ1n) is 9.56. The van der Waals surface area contributed by atoms with Gasteiger partial charge in [0.25, 0.3) is 0 Å². The third-order valence-electron chi connectivity index (χ3n) is 5.66. The first kappa shape index (κ1) is 17.5. The van der Waals surface area contributed by atoms with Gasteiger partial charge in [-0.3, -0.25) is 4.79 Å². The summed E-state index contributed by atoms with van der Waals surface area (Å²) < 4.78 is 0. The highest BCUT2D eigenvalue weighted by atomic mass is 16.2. The van der Waals surface area contributed by atoms with Gasteiger partial charge in [0.2, 0.25) is 5.91 Å². The molecule has 0 bridgehead atoms. The second-order valence-corrected chi connectivity index (χ2v) is 8.51. The van der Waals surface area contributed by atoms with Crippen molar-refractivity contribution < 1.29 is 4.79 Å². The zero-order valence-electron chi connectivity index (χ0n) is 15.5. The van der Waals surface area contributed by atoms with Crippen molar-refractivity contribution in [1.29, 1.82) is 0 Å². The molecule has 2 atom stereocenters. The Morgan fingerprint density at radius 3 is 2.58 bits per heavy atom. The monoisotopic (exact) mass is 328 g/mol. The molecule has 0 saturated carbocycles. The third-order valence-corrected chi connectivity index (χ3v) is 5.66. The number of nitrogens with zero attached hydrogens (tertiary/aromatic N) is 1. The van der Waals surface area contributed by atoms with Gasteiger partial charge < -0.3 is 10.2 Å². The molecule has 0 aliphatic carbocycles. The summed E-state index contributed by atoms with van der Waals surface area (Å²) in [6.45, 7) is 9.85. The summed E-state index contributed by atoms with van der Waals surface area (Å²) in [5.74, 6) is 1.05. The van der Waals surface area contributed by atoms with E-state index in [0.717, 1.165) is 38.9 Å². The Morgan fingerprint density at radius 1 is 1.21 bits per heavy atom. The van der Waals surface area contributed by atoms with Crippen LogP contribution in [0.3, 0.4) is 0 Å². The highest BCUT2D eigenvalue weighted by Crippen LogP contribution is 2.34. The summed E-state index contributed by atoms with van der Waals surface area (Å²) in [6.07, 6.45) is 5.21. The number of rotatable bonds is 4. The van der Waals surface area contributed by atoms with E-state index >= 15 is 0 Å². The number of nitrogens with one attached hydrogen (secondary N) is 1. The van der Waals surface area contributed by atoms with Gasteiger partial charge in [0.15, 0.2) is 0 Å². The van der Waals surface area contributed by atoms with Crippen LogP contribution in [-0.2, 0) is 10.2 Å². The molecule has 0 spiro atoms. The molecule has 3 nitrogen and oxygen atoms in total. The van der Waals surface area contributed by atoms with Crippen LogP contribution in [0.2, 0.25) is 0 Å². The Bertz CT molecular complexity index is 552. The Morgan fingerprint density at radius 2 is 1.96 bits per heavy atom.